The van der Waals surface area contributed by atoms with E-state index < -0.39 is 204 Å². The van der Waals surface area contributed by atoms with Crippen LogP contribution in [0.5, 0.6) is 0 Å². The molecule has 0 aromatic heterocycles. The lowest BCUT2D eigenvalue weighted by Crippen LogP contribution is -2.68. The maximum absolute atomic E-state index is 15.5. The first kappa shape index (κ1) is 83.6. The third-order valence-corrected chi connectivity index (χ3v) is 21.4. The van der Waals surface area contributed by atoms with E-state index in [1.165, 1.54) is 88.1 Å². The summed E-state index contributed by atoms with van der Waals surface area (Å²) in [6, 6.07) is -5.41. The van der Waals surface area contributed by atoms with Crippen molar-refractivity contribution in [3.05, 3.63) is 82.7 Å². The number of hydrogen-bond donors (Lipinski definition) is 3. The number of rotatable bonds is 13. The minimum atomic E-state index is -5.43. The number of halogens is 6. The number of nitrogens with zero attached hydrogens (tertiary/aromatic N) is 9. The number of amides is 12. The maximum atomic E-state index is 15.5. The smallest absolute Gasteiger partial charge is 0.377 e. The van der Waals surface area contributed by atoms with E-state index in [9.17, 15) is 46.3 Å². The molecule has 7 rings (SSSR count). The van der Waals surface area contributed by atoms with Gasteiger partial charge in [-0.2, -0.15) is 13.2 Å². The molecule has 1 spiro atoms. The molecular formula is C74H104F6N12O13. The van der Waals surface area contributed by atoms with E-state index in [-0.39, 0.29) is 76.1 Å². The zero-order chi connectivity index (χ0) is 77.9. The van der Waals surface area contributed by atoms with Crippen molar-refractivity contribution in [1.82, 2.24) is 60.0 Å². The van der Waals surface area contributed by atoms with Crippen LogP contribution in [0.1, 0.15) is 141 Å². The van der Waals surface area contributed by atoms with Gasteiger partial charge >= 0.3 is 6.18 Å². The van der Waals surface area contributed by atoms with Crippen LogP contribution in [0.15, 0.2) is 48.6 Å². The first-order valence-corrected chi connectivity index (χ1v) is 36.2. The number of fused-ring (bicyclic) bond motifs is 3. The molecule has 2 saturated heterocycles. The normalized spacial score (nSPS) is 26.3. The highest BCUT2D eigenvalue weighted by Crippen LogP contribution is 2.39. The molecule has 2 bridgehead atoms. The Bertz CT molecular complexity index is 3530. The van der Waals surface area contributed by atoms with Crippen LogP contribution in [-0.4, -0.2) is 264 Å². The van der Waals surface area contributed by atoms with Gasteiger partial charge in [0.1, 0.15) is 76.9 Å². The van der Waals surface area contributed by atoms with Crippen LogP contribution in [0, 0.1) is 35.2 Å². The van der Waals surface area contributed by atoms with E-state index in [1.54, 1.807) is 32.9 Å². The highest BCUT2D eigenvalue weighted by atomic mass is 19.4. The van der Waals surface area contributed by atoms with E-state index in [1.807, 2.05) is 13.8 Å². The summed E-state index contributed by atoms with van der Waals surface area (Å²) in [5.41, 5.74) is -3.85. The zero-order valence-electron chi connectivity index (χ0n) is 62.5. The van der Waals surface area contributed by atoms with E-state index in [0.29, 0.717) is 56.2 Å². The highest BCUT2D eigenvalue weighted by Gasteiger charge is 2.54. The Morgan fingerprint density at radius 2 is 1.31 bits per heavy atom. The van der Waals surface area contributed by atoms with Crippen molar-refractivity contribution in [3.63, 3.8) is 0 Å². The Labute approximate surface area is 610 Å². The SMILES string of the molecule is CCO[C@@H]1C[C@H]2C(=O)NC3(CCC3)C(=O)N(C)[C@@H](C3CCCC3)C(=O)N(C)[C@H](C(=O)N(C)C)CC(=O)N(C)[C@@H](CC(C)C)C(=O)N[C@@H]([C@@H](C)CC)C(=O)N(C)CC(=O)N(C)[C@H]3C/C=C\CCN(C3=O)[C@@H](Cc3ccc(F)cc3)C(=O)N(C)CC(=O)N[C@H](CCc3cc(F)c(C(F)(F)F)c(F)c3)C(=O)N2C1. The summed E-state index contributed by atoms with van der Waals surface area (Å²) in [5.74, 6) is -15.2. The van der Waals surface area contributed by atoms with Crippen LogP contribution in [-0.2, 0) is 81.3 Å². The van der Waals surface area contributed by atoms with Gasteiger partial charge < -0.3 is 64.8 Å². The van der Waals surface area contributed by atoms with Gasteiger partial charge in [-0.05, 0) is 124 Å². The second-order valence-electron chi connectivity index (χ2n) is 29.4. The quantitative estimate of drug-likeness (QED) is 0.179. The number of ether oxygens (including phenoxy) is 1. The molecule has 2 aromatic carbocycles. The Hall–Kier alpha value is -8.64. The molecule has 4 fully saturated rings. The summed E-state index contributed by atoms with van der Waals surface area (Å²) >= 11 is 0. The van der Waals surface area contributed by atoms with Crippen LogP contribution >= 0.6 is 0 Å². The molecule has 5 aliphatic rings. The summed E-state index contributed by atoms with van der Waals surface area (Å²) in [6.45, 7) is 6.97. The second kappa shape index (κ2) is 36.1. The summed E-state index contributed by atoms with van der Waals surface area (Å²) in [4.78, 5) is 191. The van der Waals surface area contributed by atoms with E-state index in [4.69, 9.17) is 4.74 Å². The number of nitrogens with one attached hydrogen (secondary N) is 3. The lowest BCUT2D eigenvalue weighted by atomic mass is 9.74. The molecule has 2 aromatic rings. The molecule has 0 radical (unpaired) electrons. The Morgan fingerprint density at radius 1 is 0.686 bits per heavy atom. The molecule has 12 amide bonds. The molecule has 3 heterocycles. The Balaban J connectivity index is 1.34. The summed E-state index contributed by atoms with van der Waals surface area (Å²) in [6.07, 6.45) is -1.71. The van der Waals surface area contributed by atoms with Gasteiger partial charge in [0.2, 0.25) is 70.9 Å². The van der Waals surface area contributed by atoms with Gasteiger partial charge in [0.05, 0.1) is 25.6 Å². The molecule has 31 heteroatoms. The Morgan fingerprint density at radius 3 is 1.89 bits per heavy atom. The van der Waals surface area contributed by atoms with E-state index in [2.05, 4.69) is 16.0 Å². The van der Waals surface area contributed by atoms with Gasteiger partial charge in [-0.3, -0.25) is 57.5 Å². The minimum absolute atomic E-state index is 0.0613. The fourth-order valence-electron chi connectivity index (χ4n) is 14.8. The lowest BCUT2D eigenvalue weighted by Gasteiger charge is -2.46. The number of likely N-dealkylation sites (N-methyl/N-ethyl adjacent to an activating group) is 7. The second-order valence-corrected chi connectivity index (χ2v) is 29.4. The molecule has 2 saturated carbocycles. The van der Waals surface area contributed by atoms with Crippen molar-refractivity contribution in [1.29, 1.82) is 0 Å². The topological polar surface area (TPSA) is 279 Å². The van der Waals surface area contributed by atoms with Gasteiger partial charge in [0.25, 0.3) is 0 Å². The average molecular weight is 1480 g/mol. The number of hydrogen-bond acceptors (Lipinski definition) is 13. The van der Waals surface area contributed by atoms with Gasteiger partial charge in [0, 0.05) is 88.9 Å². The number of alkyl halides is 3. The standard InChI is InChI=1S/C74H104F6N12O13/c1-14-44(5)62-70(102)86(9)42-60(95)87(10)53-24-17-16-20-33-91(69(53)101)57(37-45-25-28-48(75)29-26-45)68(100)85(8)41-58(93)81-52(30-27-46-35-50(76)61(51(77)36-46)74(78,79)80)66(98)92-40-49(105-15-2)38-55(92)65(97)83-73(31-21-32-73)72(104)90(13)63(47-22-18-19-23-47)71(103)89(12)56(67(99)84(6)7)39-59(94)88(11)54(34-43(3)4)64(96)82-62/h16-17,25-26,28-29,35-36,43-44,47,49,52-57,62-63H,14-15,18-24,27,30-34,37-42H2,1-13H3,(H,81,93)(H,82,96)(H,83,97)/b17-16-/t44-,49+,52+,53-,54-,55-,56-,57-,62-,63-/m0/s1. The van der Waals surface area contributed by atoms with Gasteiger partial charge in [-0.1, -0.05) is 71.2 Å². The summed E-state index contributed by atoms with van der Waals surface area (Å²) in [5, 5.41) is 8.37. The van der Waals surface area contributed by atoms with Gasteiger partial charge in [0.15, 0.2) is 0 Å². The molecule has 3 aliphatic heterocycles. The number of aryl methyl sites for hydroxylation is 1. The van der Waals surface area contributed by atoms with Crippen LogP contribution in [0.2, 0.25) is 0 Å². The third kappa shape index (κ3) is 20.1. The number of benzene rings is 2. The first-order valence-electron chi connectivity index (χ1n) is 36.2. The first-order chi connectivity index (χ1) is 49.4. The van der Waals surface area contributed by atoms with E-state index in [0.717, 1.165) is 36.6 Å². The molecule has 3 N–H and O–H groups in total. The summed E-state index contributed by atoms with van der Waals surface area (Å²) in [7, 11) is 10.9. The average Bonchev–Trinajstić information content (AvgIpc) is 1.67. The van der Waals surface area contributed by atoms with Gasteiger partial charge in [-0.15, -0.1) is 0 Å². The van der Waals surface area contributed by atoms with Crippen LogP contribution in [0.3, 0.4) is 0 Å². The largest absolute Gasteiger partial charge is 0.422 e. The van der Waals surface area contributed by atoms with Crippen molar-refractivity contribution in [2.24, 2.45) is 17.8 Å². The van der Waals surface area contributed by atoms with Crippen LogP contribution in [0.4, 0.5) is 26.3 Å². The molecule has 0 unspecified atom stereocenters. The van der Waals surface area contributed by atoms with Crippen molar-refractivity contribution >= 4 is 70.9 Å². The van der Waals surface area contributed by atoms with Crippen molar-refractivity contribution in [2.75, 3.05) is 89.2 Å². The zero-order valence-corrected chi connectivity index (χ0v) is 62.5. The predicted molar refractivity (Wildman–Crippen MR) is 373 cm³/mol. The van der Waals surface area contributed by atoms with Crippen LogP contribution < -0.4 is 16.0 Å². The molecule has 2 aliphatic carbocycles. The molecule has 105 heavy (non-hydrogen) atoms. The number of carbonyl (C=O) groups excluding carboxylic acids is 12. The molecular weight excluding hydrogens is 1380 g/mol. The van der Waals surface area contributed by atoms with Crippen molar-refractivity contribution in [3.8, 4) is 0 Å². The highest BCUT2D eigenvalue weighted by molar-refractivity contribution is 6.01. The van der Waals surface area contributed by atoms with Crippen molar-refractivity contribution in [2.45, 2.75) is 204 Å². The summed E-state index contributed by atoms with van der Waals surface area (Å²) < 4.78 is 92.3. The minimum Gasteiger partial charge on any atom is -0.377 e. The van der Waals surface area contributed by atoms with Crippen molar-refractivity contribution < 1.29 is 88.6 Å². The maximum Gasteiger partial charge on any atom is 0.422 e. The van der Waals surface area contributed by atoms with Crippen LogP contribution in [0.25, 0.3) is 0 Å². The lowest BCUT2D eigenvalue weighted by molar-refractivity contribution is -0.158. The predicted octanol–water partition coefficient (Wildman–Crippen LogP) is 4.86. The molecule has 580 valence electrons. The third-order valence-electron chi connectivity index (χ3n) is 21.4. The van der Waals surface area contributed by atoms with E-state index >= 15 is 37.5 Å². The Kier molecular flexibility index (Phi) is 28.8. The molecule has 10 atom stereocenters. The number of carbonyl (C=O) groups is 12. The monoisotopic (exact) mass is 1480 g/mol. The van der Waals surface area contributed by atoms with Gasteiger partial charge in [-0.25, -0.2) is 13.2 Å². The molecule has 25 nitrogen and oxygen atoms in total. The fourth-order valence-corrected chi connectivity index (χ4v) is 14.8. The fraction of sp³-hybridized carbons (Fsp3) is 0.649.